The van der Waals surface area contributed by atoms with Gasteiger partial charge in [-0.3, -0.25) is 0 Å². The summed E-state index contributed by atoms with van der Waals surface area (Å²) < 4.78 is 0. The van der Waals surface area contributed by atoms with Gasteiger partial charge in [-0.2, -0.15) is 0 Å². The Hall–Kier alpha value is -0.870. The summed E-state index contributed by atoms with van der Waals surface area (Å²) in [5.74, 6) is 1.43. The van der Waals surface area contributed by atoms with E-state index in [1.807, 2.05) is 6.92 Å². The Balaban J connectivity index is 1.87. The van der Waals surface area contributed by atoms with E-state index in [2.05, 4.69) is 15.3 Å². The van der Waals surface area contributed by atoms with Gasteiger partial charge in [0.05, 0.1) is 6.10 Å². The number of aliphatic hydroxyl groups is 1. The highest BCUT2D eigenvalue weighted by Crippen LogP contribution is 2.25. The molecule has 0 atom stereocenters. The van der Waals surface area contributed by atoms with Crippen molar-refractivity contribution in [3.8, 4) is 0 Å². The van der Waals surface area contributed by atoms with E-state index in [1.54, 1.807) is 0 Å². The van der Waals surface area contributed by atoms with Crippen molar-refractivity contribution in [3.05, 3.63) is 17.0 Å². The lowest BCUT2D eigenvalue weighted by molar-refractivity contribution is 0.111. The monoisotopic (exact) mass is 255 g/mol. The highest BCUT2D eigenvalue weighted by atomic mass is 35.5. The summed E-state index contributed by atoms with van der Waals surface area (Å²) in [6, 6.07) is 0. The molecule has 2 N–H and O–H groups in total. The standard InChI is InChI=1S/C12H18ClN3O/c1-8-11(13)15-7-16-12(8)14-6-9-2-4-10(17)5-3-9/h7,9-10,17H,2-6H2,1H3,(H,14,15,16). The van der Waals surface area contributed by atoms with Crippen molar-refractivity contribution in [3.63, 3.8) is 0 Å². The van der Waals surface area contributed by atoms with E-state index in [9.17, 15) is 5.11 Å². The number of rotatable bonds is 3. The van der Waals surface area contributed by atoms with Crippen LogP contribution in [0.1, 0.15) is 31.2 Å². The Morgan fingerprint density at radius 1 is 1.35 bits per heavy atom. The van der Waals surface area contributed by atoms with E-state index in [0.717, 1.165) is 43.6 Å². The Kier molecular flexibility index (Phi) is 4.18. The van der Waals surface area contributed by atoms with Crippen LogP contribution in [0.3, 0.4) is 0 Å². The maximum Gasteiger partial charge on any atom is 0.137 e. The summed E-state index contributed by atoms with van der Waals surface area (Å²) >= 11 is 5.93. The van der Waals surface area contributed by atoms with E-state index < -0.39 is 0 Å². The van der Waals surface area contributed by atoms with Gasteiger partial charge < -0.3 is 10.4 Å². The number of aromatic nitrogens is 2. The minimum Gasteiger partial charge on any atom is -0.393 e. The summed E-state index contributed by atoms with van der Waals surface area (Å²) in [6.45, 7) is 2.80. The van der Waals surface area contributed by atoms with Crippen molar-refractivity contribution in [2.45, 2.75) is 38.7 Å². The smallest absolute Gasteiger partial charge is 0.137 e. The number of hydrogen-bond acceptors (Lipinski definition) is 4. The van der Waals surface area contributed by atoms with Crippen LogP contribution in [0.4, 0.5) is 5.82 Å². The minimum absolute atomic E-state index is 0.0959. The number of nitrogens with one attached hydrogen (secondary N) is 1. The molecule has 1 aromatic heterocycles. The zero-order valence-electron chi connectivity index (χ0n) is 9.99. The first-order valence-electron chi connectivity index (χ1n) is 6.06. The van der Waals surface area contributed by atoms with E-state index in [0.29, 0.717) is 11.1 Å². The first-order valence-corrected chi connectivity index (χ1v) is 6.43. The van der Waals surface area contributed by atoms with E-state index in [1.165, 1.54) is 6.33 Å². The van der Waals surface area contributed by atoms with Crippen LogP contribution < -0.4 is 5.32 Å². The molecule has 1 aliphatic rings. The number of halogens is 1. The molecule has 1 fully saturated rings. The Labute approximate surface area is 106 Å². The number of anilines is 1. The highest BCUT2D eigenvalue weighted by Gasteiger charge is 2.19. The largest absolute Gasteiger partial charge is 0.393 e. The molecule has 5 heteroatoms. The molecule has 4 nitrogen and oxygen atoms in total. The predicted molar refractivity (Wildman–Crippen MR) is 68.2 cm³/mol. The van der Waals surface area contributed by atoms with Gasteiger partial charge in [0.2, 0.25) is 0 Å². The molecule has 1 saturated carbocycles. The summed E-state index contributed by atoms with van der Waals surface area (Å²) in [4.78, 5) is 8.11. The van der Waals surface area contributed by atoms with Crippen molar-refractivity contribution in [1.29, 1.82) is 0 Å². The van der Waals surface area contributed by atoms with Crippen LogP contribution >= 0.6 is 11.6 Å². The van der Waals surface area contributed by atoms with Crippen LogP contribution in [0.15, 0.2) is 6.33 Å². The fourth-order valence-electron chi connectivity index (χ4n) is 2.20. The van der Waals surface area contributed by atoms with Gasteiger partial charge >= 0.3 is 0 Å². The fraction of sp³-hybridized carbons (Fsp3) is 0.667. The summed E-state index contributed by atoms with van der Waals surface area (Å²) in [7, 11) is 0. The molecular weight excluding hydrogens is 238 g/mol. The normalized spacial score (nSPS) is 24.6. The lowest BCUT2D eigenvalue weighted by Gasteiger charge is -2.25. The molecule has 1 aromatic rings. The Morgan fingerprint density at radius 3 is 2.76 bits per heavy atom. The fourth-order valence-corrected chi connectivity index (χ4v) is 2.33. The number of nitrogens with zero attached hydrogens (tertiary/aromatic N) is 2. The first-order chi connectivity index (χ1) is 8.16. The van der Waals surface area contributed by atoms with Crippen LogP contribution in [-0.4, -0.2) is 27.7 Å². The van der Waals surface area contributed by atoms with Crippen LogP contribution in [0.2, 0.25) is 5.15 Å². The third kappa shape index (κ3) is 3.30. The molecule has 94 valence electrons. The second-order valence-corrected chi connectivity index (χ2v) is 5.05. The van der Waals surface area contributed by atoms with Gasteiger partial charge in [0.1, 0.15) is 17.3 Å². The third-order valence-corrected chi connectivity index (χ3v) is 3.78. The molecule has 2 rings (SSSR count). The Bertz CT molecular complexity index is 378. The van der Waals surface area contributed by atoms with E-state index >= 15 is 0 Å². The average molecular weight is 256 g/mol. The molecule has 0 amide bonds. The van der Waals surface area contributed by atoms with Crippen molar-refractivity contribution in [2.24, 2.45) is 5.92 Å². The summed E-state index contributed by atoms with van der Waals surface area (Å²) in [6.07, 6.45) is 5.35. The third-order valence-electron chi connectivity index (χ3n) is 3.40. The molecule has 0 bridgehead atoms. The molecular formula is C12H18ClN3O. The van der Waals surface area contributed by atoms with Crippen molar-refractivity contribution < 1.29 is 5.11 Å². The molecule has 17 heavy (non-hydrogen) atoms. The first kappa shape index (κ1) is 12.6. The highest BCUT2D eigenvalue weighted by molar-refractivity contribution is 6.30. The zero-order valence-corrected chi connectivity index (χ0v) is 10.7. The molecule has 0 saturated heterocycles. The Morgan fingerprint density at radius 2 is 2.06 bits per heavy atom. The van der Waals surface area contributed by atoms with Gasteiger partial charge in [-0.25, -0.2) is 9.97 Å². The minimum atomic E-state index is -0.0959. The number of aliphatic hydroxyl groups excluding tert-OH is 1. The molecule has 0 aliphatic heterocycles. The maximum absolute atomic E-state index is 9.43. The quantitative estimate of drug-likeness (QED) is 0.815. The number of hydrogen-bond donors (Lipinski definition) is 2. The van der Waals surface area contributed by atoms with E-state index in [4.69, 9.17) is 11.6 Å². The van der Waals surface area contributed by atoms with Crippen LogP contribution in [0.25, 0.3) is 0 Å². The zero-order chi connectivity index (χ0) is 12.3. The van der Waals surface area contributed by atoms with Crippen molar-refractivity contribution in [1.82, 2.24) is 9.97 Å². The van der Waals surface area contributed by atoms with Gasteiger partial charge in [0, 0.05) is 12.1 Å². The second kappa shape index (κ2) is 5.65. The molecule has 0 aromatic carbocycles. The average Bonchev–Trinajstić information content (AvgIpc) is 2.33. The van der Waals surface area contributed by atoms with E-state index in [-0.39, 0.29) is 6.10 Å². The second-order valence-electron chi connectivity index (χ2n) is 4.69. The van der Waals surface area contributed by atoms with Crippen LogP contribution in [0.5, 0.6) is 0 Å². The van der Waals surface area contributed by atoms with Crippen LogP contribution in [0, 0.1) is 12.8 Å². The summed E-state index contributed by atoms with van der Waals surface area (Å²) in [5.41, 5.74) is 0.894. The van der Waals surface area contributed by atoms with Crippen molar-refractivity contribution >= 4 is 17.4 Å². The van der Waals surface area contributed by atoms with Gasteiger partial charge in [-0.05, 0) is 38.5 Å². The molecule has 1 heterocycles. The van der Waals surface area contributed by atoms with Gasteiger partial charge in [0.25, 0.3) is 0 Å². The van der Waals surface area contributed by atoms with Gasteiger partial charge in [0.15, 0.2) is 0 Å². The molecule has 1 aliphatic carbocycles. The van der Waals surface area contributed by atoms with Crippen LogP contribution in [-0.2, 0) is 0 Å². The molecule has 0 radical (unpaired) electrons. The lowest BCUT2D eigenvalue weighted by Crippen LogP contribution is -2.24. The topological polar surface area (TPSA) is 58.0 Å². The van der Waals surface area contributed by atoms with Crippen molar-refractivity contribution in [2.75, 3.05) is 11.9 Å². The van der Waals surface area contributed by atoms with Gasteiger partial charge in [-0.1, -0.05) is 11.6 Å². The SMILES string of the molecule is Cc1c(Cl)ncnc1NCC1CCC(O)CC1. The maximum atomic E-state index is 9.43. The lowest BCUT2D eigenvalue weighted by atomic mass is 9.87. The van der Waals surface area contributed by atoms with Gasteiger partial charge in [-0.15, -0.1) is 0 Å². The molecule has 0 spiro atoms. The summed E-state index contributed by atoms with van der Waals surface area (Å²) in [5, 5.41) is 13.3. The predicted octanol–water partition coefficient (Wildman–Crippen LogP) is 2.40. The molecule has 0 unspecified atom stereocenters.